The maximum Gasteiger partial charge on any atom is 0.0562 e. The Morgan fingerprint density at radius 2 is 0.436 bits per heavy atom. The van der Waals surface area contributed by atoms with Crippen molar-refractivity contribution in [3.8, 4) is 39.6 Å². The van der Waals surface area contributed by atoms with Crippen LogP contribution in [0, 0.1) is 0 Å². The van der Waals surface area contributed by atoms with Crippen LogP contribution in [0.1, 0.15) is 143 Å². The van der Waals surface area contributed by atoms with Gasteiger partial charge in [-0.05, 0) is 260 Å². The highest BCUT2D eigenvalue weighted by Gasteiger charge is 2.32. The van der Waals surface area contributed by atoms with Crippen molar-refractivity contribution in [2.24, 2.45) is 0 Å². The van der Waals surface area contributed by atoms with Gasteiger partial charge in [0, 0.05) is 152 Å². The second-order valence-electron chi connectivity index (χ2n) is 45.5. The average Bonchev–Trinajstić information content (AvgIpc) is 1.54. The SMILES string of the molecule is CC(C)(C)c1ccc(-n2c3ccccc3c3cc(-n4c5ccccc5c5ccccc54)ccc32)cc1.CC(C)(C)c1ccc(-n2c3ccccc3c3ccc(C4c5ccccc5-c5ccccc54)cc32)cc1.CC(C)(C)c1ccc(-n2c3ccccc3c3ccccc32)cc1.CC(C)(C)n1c2ccccc2c2cc3c(cc21)sc1ccccc13.CC(C)(C)n1c2ccccc2c2cc3c4ccccc4n(-c4ccccc4)c3cc21. The van der Waals surface area contributed by atoms with E-state index in [0.717, 1.165) is 0 Å². The molecule has 0 bridgehead atoms. The van der Waals surface area contributed by atoms with Crippen LogP contribution in [0.2, 0.25) is 0 Å². The Morgan fingerprint density at radius 3 is 0.826 bits per heavy atom. The van der Waals surface area contributed by atoms with Crippen molar-refractivity contribution in [1.29, 1.82) is 0 Å². The summed E-state index contributed by atoms with van der Waals surface area (Å²) in [6.07, 6.45) is 0. The van der Waals surface area contributed by atoms with Crippen LogP contribution in [0.25, 0.3) is 212 Å². The third-order valence-electron chi connectivity index (χ3n) is 30.9. The second-order valence-corrected chi connectivity index (χ2v) is 46.6. The molecule has 8 aromatic heterocycles. The lowest BCUT2D eigenvalue weighted by atomic mass is 9.87. The molecule has 0 saturated carbocycles. The Kier molecular flexibility index (Phi) is 22.6. The van der Waals surface area contributed by atoms with Crippen LogP contribution in [-0.4, -0.2) is 32.0 Å². The number of benzene rings is 20. The number of aromatic nitrogens is 7. The highest BCUT2D eigenvalue weighted by molar-refractivity contribution is 7.25. The van der Waals surface area contributed by atoms with Crippen molar-refractivity contribution in [1.82, 2.24) is 32.0 Å². The lowest BCUT2D eigenvalue weighted by Gasteiger charge is -2.24. The van der Waals surface area contributed by atoms with Crippen LogP contribution >= 0.6 is 11.3 Å². The van der Waals surface area contributed by atoms with E-state index in [1.165, 1.54) is 246 Å². The van der Waals surface area contributed by atoms with Crippen molar-refractivity contribution in [2.45, 2.75) is 137 Å². The number of thiophene rings is 1. The lowest BCUT2D eigenvalue weighted by molar-refractivity contribution is 0.423. The van der Waals surface area contributed by atoms with Gasteiger partial charge in [-0.3, -0.25) is 0 Å². The topological polar surface area (TPSA) is 34.5 Å². The van der Waals surface area contributed by atoms with Gasteiger partial charge in [-0.1, -0.05) is 360 Å². The van der Waals surface area contributed by atoms with Gasteiger partial charge in [0.2, 0.25) is 0 Å². The van der Waals surface area contributed by atoms with E-state index in [1.54, 1.807) is 0 Å². The Hall–Kier alpha value is -16.8. The fraction of sp³-hybridized carbons (Fsp3) is 0.149. The molecule has 0 N–H and O–H groups in total. The summed E-state index contributed by atoms with van der Waals surface area (Å²) < 4.78 is 19.7. The van der Waals surface area contributed by atoms with Gasteiger partial charge in [0.05, 0.1) is 66.2 Å². The van der Waals surface area contributed by atoms with Crippen LogP contribution in [0.4, 0.5) is 0 Å². The minimum absolute atomic E-state index is 0.0153. The maximum atomic E-state index is 2.49. The van der Waals surface area contributed by atoms with Crippen LogP contribution < -0.4 is 0 Å². The highest BCUT2D eigenvalue weighted by atomic mass is 32.1. The van der Waals surface area contributed by atoms with Crippen molar-refractivity contribution in [3.63, 3.8) is 0 Å². The summed E-state index contributed by atoms with van der Waals surface area (Å²) in [7, 11) is 0. The molecule has 0 amide bonds. The number of fused-ring (bicyclic) bond motifs is 27. The van der Waals surface area contributed by atoms with Crippen LogP contribution in [0.3, 0.4) is 0 Å². The standard InChI is InChI=1S/C35H29N.C34H28N2.C28H24N2.C22H19NS.C22H21N/c1-35(2,3)24-17-19-25(20-18-24)36-32-15-9-8-12-28(32)29-21-16-23(22-33(29)36)34-30-13-6-4-10-26(30)27-11-5-7-14-31(27)34;1-34(2,3)23-16-18-24(19-17-23)35-32-15-9-6-12-28(32)29-22-25(20-21-33(29)35)36-30-13-7-4-10-26(30)27-11-5-8-14-31(27)36;1-28(2,3)30-25-16-10-8-14-21(25)23-17-22-20-13-7-9-15-24(20)29(26(22)18-27(23)30)19-11-5-4-6-12-19;1-22(2,3)23-18-10-6-4-8-14(18)16-12-17-15-9-5-7-11-20(15)24-21(17)13-19(16)23;1-22(2,3)16-12-14-17(15-13-16)23-20-10-6-4-8-18(20)19-9-5-7-11-21(19)23/h4-22,34H,1-3H3;4-22H,1-3H3;4-18H,1-3H3;4-13H,1-3H3;4-15H,1-3H3. The summed E-state index contributed by atoms with van der Waals surface area (Å²) in [5.41, 5.74) is 35.1. The summed E-state index contributed by atoms with van der Waals surface area (Å²) >= 11 is 1.89. The van der Waals surface area contributed by atoms with E-state index in [2.05, 4.69) is 591 Å². The number of hydrogen-bond acceptors (Lipinski definition) is 1. The smallest absolute Gasteiger partial charge is 0.0562 e. The predicted octanol–water partition coefficient (Wildman–Crippen LogP) is 39.1. The molecule has 1 aliphatic rings. The molecule has 149 heavy (non-hydrogen) atoms. The lowest BCUT2D eigenvalue weighted by Crippen LogP contribution is -2.21. The maximum absolute atomic E-state index is 2.49. The second kappa shape index (κ2) is 36.1. The summed E-state index contributed by atoms with van der Waals surface area (Å²) in [5, 5.41) is 21.0. The average molecular weight is 1950 g/mol. The van der Waals surface area contributed by atoms with E-state index in [-0.39, 0.29) is 33.2 Å². The van der Waals surface area contributed by atoms with Crippen molar-refractivity contribution in [2.75, 3.05) is 0 Å². The minimum atomic E-state index is -0.0153. The van der Waals surface area contributed by atoms with Gasteiger partial charge in [0.1, 0.15) is 0 Å². The summed E-state index contributed by atoms with van der Waals surface area (Å²) in [6.45, 7) is 34.1. The largest absolute Gasteiger partial charge is 0.335 e. The summed E-state index contributed by atoms with van der Waals surface area (Å²) in [4.78, 5) is 0. The summed E-state index contributed by atoms with van der Waals surface area (Å²) in [5.74, 6) is 0.247. The predicted molar refractivity (Wildman–Crippen MR) is 642 cm³/mol. The summed E-state index contributed by atoms with van der Waals surface area (Å²) in [6, 6.07) is 166. The first-order valence-corrected chi connectivity index (χ1v) is 53.4. The van der Waals surface area contributed by atoms with Crippen molar-refractivity contribution < 1.29 is 0 Å². The minimum Gasteiger partial charge on any atom is -0.335 e. The van der Waals surface area contributed by atoms with Gasteiger partial charge >= 0.3 is 0 Å². The molecule has 8 heterocycles. The van der Waals surface area contributed by atoms with E-state index >= 15 is 0 Å². The fourth-order valence-electron chi connectivity index (χ4n) is 24.0. The van der Waals surface area contributed by atoms with E-state index < -0.39 is 0 Å². The van der Waals surface area contributed by atoms with Crippen LogP contribution in [-0.2, 0) is 27.3 Å². The quantitative estimate of drug-likeness (QED) is 0.159. The van der Waals surface area contributed by atoms with E-state index in [4.69, 9.17) is 0 Å². The molecule has 28 aromatic rings. The molecular formula is C141H121N7S. The molecule has 8 heteroatoms. The number of hydrogen-bond donors (Lipinski definition) is 0. The first kappa shape index (κ1) is 93.3. The molecule has 1 aliphatic carbocycles. The zero-order valence-electron chi connectivity index (χ0n) is 87.4. The third-order valence-corrected chi connectivity index (χ3v) is 32.0. The molecule has 20 aromatic carbocycles. The Balaban J connectivity index is 0.0000000977. The normalized spacial score (nSPS) is 12.6. The molecule has 29 rings (SSSR count). The molecule has 0 radical (unpaired) electrons. The molecular weight excluding hydrogens is 1820 g/mol. The van der Waals surface area contributed by atoms with E-state index in [0.29, 0.717) is 0 Å². The zero-order chi connectivity index (χ0) is 102. The van der Waals surface area contributed by atoms with Crippen LogP contribution in [0.15, 0.2) is 455 Å². The van der Waals surface area contributed by atoms with Crippen LogP contribution in [0.5, 0.6) is 0 Å². The van der Waals surface area contributed by atoms with Crippen molar-refractivity contribution in [3.05, 3.63) is 488 Å². The molecule has 7 nitrogen and oxygen atoms in total. The zero-order valence-corrected chi connectivity index (χ0v) is 88.2. The molecule has 0 aliphatic heterocycles. The van der Waals surface area contributed by atoms with E-state index in [1.807, 2.05) is 11.3 Å². The molecule has 0 saturated heterocycles. The third kappa shape index (κ3) is 16.1. The van der Waals surface area contributed by atoms with Gasteiger partial charge in [-0.15, -0.1) is 11.3 Å². The van der Waals surface area contributed by atoms with Gasteiger partial charge < -0.3 is 32.0 Å². The number of nitrogens with zero attached hydrogens (tertiary/aromatic N) is 7. The highest BCUT2D eigenvalue weighted by Crippen LogP contribution is 2.51. The molecule has 0 fully saturated rings. The number of para-hydroxylation sites is 10. The van der Waals surface area contributed by atoms with Gasteiger partial charge in [-0.25, -0.2) is 0 Å². The van der Waals surface area contributed by atoms with Gasteiger partial charge in [0.25, 0.3) is 0 Å². The first-order chi connectivity index (χ1) is 72.1. The van der Waals surface area contributed by atoms with E-state index in [9.17, 15) is 0 Å². The molecule has 0 unspecified atom stereocenters. The Morgan fingerprint density at radius 1 is 0.168 bits per heavy atom. The van der Waals surface area contributed by atoms with Gasteiger partial charge in [-0.2, -0.15) is 0 Å². The van der Waals surface area contributed by atoms with Crippen molar-refractivity contribution >= 4 is 184 Å². The fourth-order valence-corrected chi connectivity index (χ4v) is 25.1. The molecule has 0 spiro atoms. The molecule has 726 valence electrons. The Labute approximate surface area is 874 Å². The molecule has 0 atom stereocenters. The monoisotopic (exact) mass is 1940 g/mol. The number of rotatable bonds is 6. The Bertz CT molecular complexity index is 9950. The first-order valence-electron chi connectivity index (χ1n) is 52.6. The van der Waals surface area contributed by atoms with Gasteiger partial charge in [0.15, 0.2) is 0 Å².